The molecule has 0 aliphatic heterocycles. The SMILES string of the molecule is CC(=O)CCc1ccc(C)cc1.CCCNC(=O)CCc1ccc(C)cc1.Cc1ccc(CCC(=O)NCS(=O)(=O)O)cc1. The zero-order valence-corrected chi connectivity index (χ0v) is 27.5. The van der Waals surface area contributed by atoms with Gasteiger partial charge in [-0.05, 0) is 70.1 Å². The van der Waals surface area contributed by atoms with Crippen LogP contribution in [0.4, 0.5) is 0 Å². The molecule has 0 aliphatic rings. The van der Waals surface area contributed by atoms with Gasteiger partial charge in [-0.15, -0.1) is 0 Å². The molecule has 0 heterocycles. The van der Waals surface area contributed by atoms with E-state index in [2.05, 4.69) is 79.9 Å². The third-order valence-corrected chi connectivity index (χ3v) is 6.94. The van der Waals surface area contributed by atoms with E-state index in [-0.39, 0.29) is 18.1 Å². The average Bonchev–Trinajstić information content (AvgIpc) is 2.98. The first-order valence-corrected chi connectivity index (χ1v) is 16.5. The molecule has 0 radical (unpaired) electrons. The van der Waals surface area contributed by atoms with Crippen LogP contribution in [0.3, 0.4) is 0 Å². The molecular formula is C35H48N2O6S. The van der Waals surface area contributed by atoms with Gasteiger partial charge in [0, 0.05) is 25.8 Å². The first-order valence-electron chi connectivity index (χ1n) is 14.9. The summed E-state index contributed by atoms with van der Waals surface area (Å²) in [4.78, 5) is 33.3. The first-order chi connectivity index (χ1) is 20.8. The molecule has 0 saturated heterocycles. The molecule has 0 fully saturated rings. The smallest absolute Gasteiger partial charge is 0.283 e. The normalized spacial score (nSPS) is 10.4. The third kappa shape index (κ3) is 20.1. The van der Waals surface area contributed by atoms with Crippen molar-refractivity contribution < 1.29 is 27.4 Å². The molecular weight excluding hydrogens is 576 g/mol. The van der Waals surface area contributed by atoms with Crippen molar-refractivity contribution in [1.29, 1.82) is 0 Å². The monoisotopic (exact) mass is 624 g/mol. The van der Waals surface area contributed by atoms with E-state index in [1.807, 2.05) is 31.2 Å². The van der Waals surface area contributed by atoms with Crippen LogP contribution in [0, 0.1) is 20.8 Å². The lowest BCUT2D eigenvalue weighted by atomic mass is 10.1. The fourth-order valence-corrected chi connectivity index (χ4v) is 4.06. The summed E-state index contributed by atoms with van der Waals surface area (Å²) in [6.45, 7) is 10.6. The summed E-state index contributed by atoms with van der Waals surface area (Å²) in [5, 5.41) is 5.00. The summed E-state index contributed by atoms with van der Waals surface area (Å²) in [6, 6.07) is 24.4. The van der Waals surface area contributed by atoms with Crippen LogP contribution >= 0.6 is 0 Å². The Morgan fingerprint density at radius 2 is 0.955 bits per heavy atom. The molecule has 2 amide bonds. The molecule has 0 aromatic heterocycles. The molecule has 0 spiro atoms. The Kier molecular flexibility index (Phi) is 18.2. The van der Waals surface area contributed by atoms with E-state index in [4.69, 9.17) is 4.55 Å². The van der Waals surface area contributed by atoms with E-state index >= 15 is 0 Å². The van der Waals surface area contributed by atoms with Crippen molar-refractivity contribution in [3.63, 3.8) is 0 Å². The van der Waals surface area contributed by atoms with Gasteiger partial charge in [0.05, 0.1) is 0 Å². The highest BCUT2D eigenvalue weighted by molar-refractivity contribution is 7.85. The van der Waals surface area contributed by atoms with Gasteiger partial charge in [-0.1, -0.05) is 96.4 Å². The fourth-order valence-electron chi connectivity index (χ4n) is 3.71. The second kappa shape index (κ2) is 21.0. The summed E-state index contributed by atoms with van der Waals surface area (Å²) in [5.41, 5.74) is 7.15. The molecule has 8 nitrogen and oxygen atoms in total. The van der Waals surface area contributed by atoms with Gasteiger partial charge in [0.1, 0.15) is 11.7 Å². The second-order valence-corrected chi connectivity index (χ2v) is 12.3. The second-order valence-electron chi connectivity index (χ2n) is 10.8. The molecule has 3 rings (SSSR count). The van der Waals surface area contributed by atoms with Gasteiger partial charge in [-0.3, -0.25) is 14.1 Å². The van der Waals surface area contributed by atoms with Crippen LogP contribution in [0.5, 0.6) is 0 Å². The molecule has 0 unspecified atom stereocenters. The number of hydrogen-bond donors (Lipinski definition) is 3. The Balaban J connectivity index is 0.000000335. The van der Waals surface area contributed by atoms with Crippen LogP contribution in [-0.4, -0.2) is 43.0 Å². The first kappa shape index (κ1) is 38.2. The van der Waals surface area contributed by atoms with Crippen molar-refractivity contribution in [2.45, 2.75) is 79.6 Å². The number of nitrogens with one attached hydrogen (secondary N) is 2. The van der Waals surface area contributed by atoms with Crippen molar-refractivity contribution in [3.05, 3.63) is 106 Å². The number of carbonyl (C=O) groups is 3. The van der Waals surface area contributed by atoms with E-state index in [9.17, 15) is 22.8 Å². The van der Waals surface area contributed by atoms with E-state index < -0.39 is 21.9 Å². The van der Waals surface area contributed by atoms with E-state index in [0.29, 0.717) is 19.3 Å². The number of benzene rings is 3. The Labute approximate surface area is 263 Å². The van der Waals surface area contributed by atoms with Gasteiger partial charge in [-0.2, -0.15) is 8.42 Å². The molecule has 0 aliphatic carbocycles. The van der Waals surface area contributed by atoms with Crippen LogP contribution in [0.1, 0.15) is 72.9 Å². The number of hydrogen-bond acceptors (Lipinski definition) is 5. The average molecular weight is 625 g/mol. The largest absolute Gasteiger partial charge is 0.356 e. The van der Waals surface area contributed by atoms with Crippen molar-refractivity contribution in [3.8, 4) is 0 Å². The molecule has 44 heavy (non-hydrogen) atoms. The third-order valence-electron chi connectivity index (χ3n) is 6.43. The zero-order chi connectivity index (χ0) is 33.0. The van der Waals surface area contributed by atoms with E-state index in [1.165, 1.54) is 22.3 Å². The number of ketones is 1. The summed E-state index contributed by atoms with van der Waals surface area (Å²) < 4.78 is 29.2. The summed E-state index contributed by atoms with van der Waals surface area (Å²) in [7, 11) is -4.14. The van der Waals surface area contributed by atoms with Gasteiger partial charge in [0.15, 0.2) is 0 Å². The molecule has 0 saturated carbocycles. The maximum Gasteiger partial charge on any atom is 0.283 e. The van der Waals surface area contributed by atoms with Crippen molar-refractivity contribution in [2.75, 3.05) is 12.4 Å². The lowest BCUT2D eigenvalue weighted by Gasteiger charge is -2.03. The standard InChI is InChI=1S/C13H19NO.C11H15NO4S.C11H14O/c1-3-10-14-13(15)9-8-12-6-4-11(2)5-7-12;1-9-2-4-10(5-3-9)6-7-11(13)12-8-17(14,15)16;1-9-3-6-11(7-4-9)8-5-10(2)12/h4-7H,3,8-10H2,1-2H3,(H,14,15);2-5H,6-8H2,1H3,(H,12,13)(H,14,15,16);3-4,6-7H,5,8H2,1-2H3. The molecule has 240 valence electrons. The number of rotatable bonds is 13. The molecule has 3 aromatic rings. The summed E-state index contributed by atoms with van der Waals surface area (Å²) >= 11 is 0. The minimum absolute atomic E-state index is 0.150. The minimum atomic E-state index is -4.14. The Morgan fingerprint density at radius 1 is 0.614 bits per heavy atom. The van der Waals surface area contributed by atoms with Crippen molar-refractivity contribution >= 4 is 27.7 Å². The quantitative estimate of drug-likeness (QED) is 0.204. The van der Waals surface area contributed by atoms with Crippen molar-refractivity contribution in [1.82, 2.24) is 10.6 Å². The van der Waals surface area contributed by atoms with E-state index in [0.717, 1.165) is 36.9 Å². The molecule has 3 aromatic carbocycles. The topological polar surface area (TPSA) is 130 Å². The van der Waals surface area contributed by atoms with Gasteiger partial charge in [0.2, 0.25) is 11.8 Å². The maximum absolute atomic E-state index is 11.3. The van der Waals surface area contributed by atoms with Crippen LogP contribution in [-0.2, 0) is 43.8 Å². The van der Waals surface area contributed by atoms with Crippen LogP contribution in [0.15, 0.2) is 72.8 Å². The number of carbonyl (C=O) groups excluding carboxylic acids is 3. The highest BCUT2D eigenvalue weighted by Crippen LogP contribution is 2.07. The molecule has 0 atom stereocenters. The number of aryl methyl sites for hydroxylation is 6. The highest BCUT2D eigenvalue weighted by atomic mass is 32.2. The summed E-state index contributed by atoms with van der Waals surface area (Å²) in [6.07, 6.45) is 4.67. The fraction of sp³-hybridized carbons (Fsp3) is 0.400. The zero-order valence-electron chi connectivity index (χ0n) is 26.7. The van der Waals surface area contributed by atoms with Crippen molar-refractivity contribution in [2.24, 2.45) is 0 Å². The van der Waals surface area contributed by atoms with E-state index in [1.54, 1.807) is 6.92 Å². The Bertz CT molecular complexity index is 1380. The van der Waals surface area contributed by atoms with Gasteiger partial charge >= 0.3 is 0 Å². The lowest BCUT2D eigenvalue weighted by Crippen LogP contribution is -2.29. The molecule has 0 bridgehead atoms. The summed E-state index contributed by atoms with van der Waals surface area (Å²) in [5.74, 6) is -0.726. The maximum atomic E-state index is 11.3. The highest BCUT2D eigenvalue weighted by Gasteiger charge is 2.08. The molecule has 9 heteroatoms. The molecule has 3 N–H and O–H groups in total. The van der Waals surface area contributed by atoms with Crippen LogP contribution < -0.4 is 10.6 Å². The number of Topliss-reactive ketones (excluding diaryl/α,β-unsaturated/α-hetero) is 1. The van der Waals surface area contributed by atoms with Crippen LogP contribution in [0.25, 0.3) is 0 Å². The predicted molar refractivity (Wildman–Crippen MR) is 177 cm³/mol. The predicted octanol–water partition coefficient (Wildman–Crippen LogP) is 5.86. The Morgan fingerprint density at radius 3 is 1.27 bits per heavy atom. The van der Waals surface area contributed by atoms with Gasteiger partial charge in [0.25, 0.3) is 10.1 Å². The van der Waals surface area contributed by atoms with Crippen LogP contribution in [0.2, 0.25) is 0 Å². The van der Waals surface area contributed by atoms with Gasteiger partial charge < -0.3 is 15.4 Å². The lowest BCUT2D eigenvalue weighted by molar-refractivity contribution is -0.121. The van der Waals surface area contributed by atoms with Gasteiger partial charge in [-0.25, -0.2) is 0 Å². The Hall–Kier alpha value is -3.82. The number of amides is 2. The minimum Gasteiger partial charge on any atom is -0.356 e.